The van der Waals surface area contributed by atoms with Crippen LogP contribution in [0.3, 0.4) is 0 Å². The van der Waals surface area contributed by atoms with E-state index < -0.39 is 0 Å². The van der Waals surface area contributed by atoms with Crippen LogP contribution in [0.25, 0.3) is 0 Å². The van der Waals surface area contributed by atoms with Crippen molar-refractivity contribution in [1.29, 1.82) is 5.26 Å². The predicted octanol–water partition coefficient (Wildman–Crippen LogP) is 2.91. The average molecular weight is 251 g/mol. The molecule has 0 aromatic heterocycles. The highest BCUT2D eigenvalue weighted by molar-refractivity contribution is 4.91. The van der Waals surface area contributed by atoms with Gasteiger partial charge in [0.15, 0.2) is 0 Å². The van der Waals surface area contributed by atoms with Crippen LogP contribution in [0.4, 0.5) is 0 Å². The summed E-state index contributed by atoms with van der Waals surface area (Å²) >= 11 is 0. The van der Waals surface area contributed by atoms with Gasteiger partial charge in [0.05, 0.1) is 11.5 Å². The zero-order valence-corrected chi connectivity index (χ0v) is 12.3. The molecule has 3 heteroatoms. The smallest absolute Gasteiger partial charge is 0.0683 e. The first kappa shape index (κ1) is 15.5. The van der Waals surface area contributed by atoms with Crippen LogP contribution in [0.15, 0.2) is 0 Å². The minimum Gasteiger partial charge on any atom is -0.328 e. The molecule has 1 saturated carbocycles. The predicted molar refractivity (Wildman–Crippen MR) is 76.1 cm³/mol. The Labute approximate surface area is 112 Å². The number of nitrogens with two attached hydrogens (primary N) is 1. The van der Waals surface area contributed by atoms with Crippen molar-refractivity contribution in [3.05, 3.63) is 0 Å². The van der Waals surface area contributed by atoms with Crippen molar-refractivity contribution in [2.45, 2.75) is 70.9 Å². The minimum atomic E-state index is -0.157. The normalized spacial score (nSPS) is 25.1. The molecule has 0 atom stereocenters. The van der Waals surface area contributed by atoms with E-state index >= 15 is 0 Å². The molecule has 0 radical (unpaired) electrons. The Bertz CT molecular complexity index is 272. The van der Waals surface area contributed by atoms with Crippen molar-refractivity contribution in [1.82, 2.24) is 4.90 Å². The highest BCUT2D eigenvalue weighted by Crippen LogP contribution is 2.23. The van der Waals surface area contributed by atoms with Crippen molar-refractivity contribution in [2.75, 3.05) is 13.6 Å². The highest BCUT2D eigenvalue weighted by Gasteiger charge is 2.22. The monoisotopic (exact) mass is 251 g/mol. The number of nitriles is 1. The van der Waals surface area contributed by atoms with E-state index in [-0.39, 0.29) is 5.41 Å². The second kappa shape index (κ2) is 7.11. The zero-order valence-electron chi connectivity index (χ0n) is 12.3. The maximum absolute atomic E-state index is 8.96. The third-order valence-corrected chi connectivity index (χ3v) is 4.23. The molecular formula is C15H29N3. The lowest BCUT2D eigenvalue weighted by Gasteiger charge is -2.33. The van der Waals surface area contributed by atoms with Crippen molar-refractivity contribution in [3.63, 3.8) is 0 Å². The standard InChI is InChI=1S/C15H29N3/c1-15(2,12-16)10-4-5-11-18(3)14-8-6-13(17)7-9-14/h13-14H,4-11,17H2,1-3H3. The molecule has 0 saturated heterocycles. The van der Waals surface area contributed by atoms with E-state index in [4.69, 9.17) is 11.0 Å². The van der Waals surface area contributed by atoms with Crippen LogP contribution in [0, 0.1) is 16.7 Å². The lowest BCUT2D eigenvalue weighted by molar-refractivity contribution is 0.178. The van der Waals surface area contributed by atoms with Crippen LogP contribution in [-0.4, -0.2) is 30.6 Å². The second-order valence-corrected chi connectivity index (χ2v) is 6.50. The third kappa shape index (κ3) is 5.37. The molecule has 1 rings (SSSR count). The van der Waals surface area contributed by atoms with Gasteiger partial charge < -0.3 is 10.6 Å². The highest BCUT2D eigenvalue weighted by atomic mass is 15.1. The Hall–Kier alpha value is -0.590. The summed E-state index contributed by atoms with van der Waals surface area (Å²) in [6.07, 6.45) is 8.21. The Kier molecular flexibility index (Phi) is 6.11. The van der Waals surface area contributed by atoms with Gasteiger partial charge in [-0.1, -0.05) is 6.42 Å². The van der Waals surface area contributed by atoms with Crippen molar-refractivity contribution in [2.24, 2.45) is 11.1 Å². The molecule has 18 heavy (non-hydrogen) atoms. The molecule has 0 aliphatic heterocycles. The maximum atomic E-state index is 8.96. The first-order valence-electron chi connectivity index (χ1n) is 7.32. The van der Waals surface area contributed by atoms with E-state index in [1.54, 1.807) is 0 Å². The number of hydrogen-bond acceptors (Lipinski definition) is 3. The molecular weight excluding hydrogens is 222 g/mol. The molecule has 0 aromatic rings. The van der Waals surface area contributed by atoms with Gasteiger partial charge in [-0.25, -0.2) is 0 Å². The molecule has 0 heterocycles. The third-order valence-electron chi connectivity index (χ3n) is 4.23. The van der Waals surface area contributed by atoms with Crippen LogP contribution in [0.1, 0.15) is 58.8 Å². The summed E-state index contributed by atoms with van der Waals surface area (Å²) in [6.45, 7) is 5.21. The van der Waals surface area contributed by atoms with Gasteiger partial charge in [0.2, 0.25) is 0 Å². The van der Waals surface area contributed by atoms with Crippen LogP contribution >= 0.6 is 0 Å². The summed E-state index contributed by atoms with van der Waals surface area (Å²) in [5.41, 5.74) is 5.78. The number of unbranched alkanes of at least 4 members (excludes halogenated alkanes) is 1. The quantitative estimate of drug-likeness (QED) is 0.738. The molecule has 0 amide bonds. The SMILES string of the molecule is CN(CCCCC(C)(C)C#N)C1CCC(N)CC1. The molecule has 1 fully saturated rings. The summed E-state index contributed by atoms with van der Waals surface area (Å²) in [6, 6.07) is 3.54. The largest absolute Gasteiger partial charge is 0.328 e. The number of hydrogen-bond donors (Lipinski definition) is 1. The van der Waals surface area contributed by atoms with Crippen LogP contribution in [0.5, 0.6) is 0 Å². The Morgan fingerprint density at radius 1 is 1.22 bits per heavy atom. The van der Waals surface area contributed by atoms with Gasteiger partial charge in [-0.2, -0.15) is 5.26 Å². The Morgan fingerprint density at radius 3 is 2.39 bits per heavy atom. The van der Waals surface area contributed by atoms with Gasteiger partial charge in [0, 0.05) is 12.1 Å². The van der Waals surface area contributed by atoms with Gasteiger partial charge in [-0.15, -0.1) is 0 Å². The van der Waals surface area contributed by atoms with E-state index in [1.807, 2.05) is 13.8 Å². The molecule has 104 valence electrons. The first-order valence-corrected chi connectivity index (χ1v) is 7.32. The van der Waals surface area contributed by atoms with Gasteiger partial charge in [0.25, 0.3) is 0 Å². The summed E-state index contributed by atoms with van der Waals surface area (Å²) in [5, 5.41) is 8.96. The minimum absolute atomic E-state index is 0.157. The van der Waals surface area contributed by atoms with E-state index in [0.29, 0.717) is 6.04 Å². The van der Waals surface area contributed by atoms with Gasteiger partial charge in [-0.05, 0) is 66.0 Å². The zero-order chi connectivity index (χ0) is 13.6. The molecule has 3 nitrogen and oxygen atoms in total. The number of rotatable bonds is 6. The molecule has 2 N–H and O–H groups in total. The first-order chi connectivity index (χ1) is 8.44. The van der Waals surface area contributed by atoms with Crippen molar-refractivity contribution in [3.8, 4) is 6.07 Å². The Balaban J connectivity index is 2.14. The fourth-order valence-electron chi connectivity index (χ4n) is 2.71. The maximum Gasteiger partial charge on any atom is 0.0683 e. The summed E-state index contributed by atoms with van der Waals surface area (Å²) in [5.74, 6) is 0. The average Bonchev–Trinajstić information content (AvgIpc) is 2.35. The van der Waals surface area contributed by atoms with Crippen LogP contribution < -0.4 is 5.73 Å². The summed E-state index contributed by atoms with van der Waals surface area (Å²) in [7, 11) is 2.23. The summed E-state index contributed by atoms with van der Waals surface area (Å²) in [4.78, 5) is 2.49. The van der Waals surface area contributed by atoms with Gasteiger partial charge >= 0.3 is 0 Å². The van der Waals surface area contributed by atoms with Crippen molar-refractivity contribution >= 4 is 0 Å². The van der Waals surface area contributed by atoms with Crippen LogP contribution in [0.2, 0.25) is 0 Å². The van der Waals surface area contributed by atoms with Crippen molar-refractivity contribution < 1.29 is 0 Å². The van der Waals surface area contributed by atoms with E-state index in [2.05, 4.69) is 18.0 Å². The molecule has 0 spiro atoms. The molecule has 0 unspecified atom stereocenters. The molecule has 0 bridgehead atoms. The van der Waals surface area contributed by atoms with E-state index in [9.17, 15) is 0 Å². The number of nitrogens with zero attached hydrogens (tertiary/aromatic N) is 2. The lowest BCUT2D eigenvalue weighted by Crippen LogP contribution is -2.39. The Morgan fingerprint density at radius 2 is 1.83 bits per heavy atom. The molecule has 1 aliphatic carbocycles. The molecule has 1 aliphatic rings. The van der Waals surface area contributed by atoms with E-state index in [0.717, 1.165) is 25.4 Å². The molecule has 0 aromatic carbocycles. The summed E-state index contributed by atoms with van der Waals surface area (Å²) < 4.78 is 0. The topological polar surface area (TPSA) is 53.0 Å². The van der Waals surface area contributed by atoms with E-state index in [1.165, 1.54) is 32.1 Å². The lowest BCUT2D eigenvalue weighted by atomic mass is 9.88. The fraction of sp³-hybridized carbons (Fsp3) is 0.933. The second-order valence-electron chi connectivity index (χ2n) is 6.50. The van der Waals surface area contributed by atoms with Crippen LogP contribution in [-0.2, 0) is 0 Å². The van der Waals surface area contributed by atoms with Gasteiger partial charge in [0.1, 0.15) is 0 Å². The van der Waals surface area contributed by atoms with Gasteiger partial charge in [-0.3, -0.25) is 0 Å². The fourth-order valence-corrected chi connectivity index (χ4v) is 2.71.